The first kappa shape index (κ1) is 12.3. The van der Waals surface area contributed by atoms with Crippen LogP contribution in [0.15, 0.2) is 45.5 Å². The minimum Gasteiger partial charge on any atom is -0.224 e. The topological polar surface area (TPSA) is 66.8 Å². The van der Waals surface area contributed by atoms with Gasteiger partial charge in [-0.1, -0.05) is 15.9 Å². The summed E-state index contributed by atoms with van der Waals surface area (Å²) < 4.78 is 23.4. The van der Waals surface area contributed by atoms with Crippen LogP contribution in [0.3, 0.4) is 0 Å². The second-order valence-corrected chi connectivity index (χ2v) is 6.47. The van der Waals surface area contributed by atoms with Crippen LogP contribution in [0.1, 0.15) is 0 Å². The Morgan fingerprint density at radius 2 is 1.94 bits per heavy atom. The Morgan fingerprint density at radius 3 is 2.41 bits per heavy atom. The molecule has 0 saturated heterocycles. The molecule has 0 bridgehead atoms. The molecule has 1 aliphatic rings. The molecule has 0 fully saturated rings. The molecule has 0 radical (unpaired) electrons. The Kier molecular flexibility index (Phi) is 3.30. The highest BCUT2D eigenvalue weighted by Gasteiger charge is 2.28. The highest BCUT2D eigenvalue weighted by molar-refractivity contribution is 9.10. The Labute approximate surface area is 107 Å². The third kappa shape index (κ3) is 2.73. The molecule has 0 N–H and O–H groups in total. The van der Waals surface area contributed by atoms with E-state index in [2.05, 4.69) is 21.2 Å². The van der Waals surface area contributed by atoms with Crippen LogP contribution in [0.2, 0.25) is 0 Å². The van der Waals surface area contributed by atoms with Crippen LogP contribution in [-0.2, 0) is 9.84 Å². The Balaban J connectivity index is 2.27. The van der Waals surface area contributed by atoms with Crippen LogP contribution in [0.5, 0.6) is 0 Å². The van der Waals surface area contributed by atoms with E-state index in [4.69, 9.17) is 0 Å². The molecule has 1 aliphatic heterocycles. The number of hydrogen-bond donors (Lipinski definition) is 0. The van der Waals surface area contributed by atoms with Gasteiger partial charge in [-0.15, -0.1) is 4.91 Å². The molecule has 0 saturated carbocycles. The average molecular weight is 317 g/mol. The predicted octanol–water partition coefficient (Wildman–Crippen LogP) is 2.25. The molecule has 2 rings (SSSR count). The maximum Gasteiger partial charge on any atom is 0.173 e. The smallest absolute Gasteiger partial charge is 0.173 e. The van der Waals surface area contributed by atoms with Crippen molar-refractivity contribution in [2.75, 3.05) is 10.8 Å². The van der Waals surface area contributed by atoms with Crippen LogP contribution in [0.25, 0.3) is 0 Å². The molecule has 17 heavy (non-hydrogen) atoms. The molecule has 1 atom stereocenters. The van der Waals surface area contributed by atoms with Gasteiger partial charge in [-0.05, 0) is 30.3 Å². The third-order valence-corrected chi connectivity index (χ3v) is 4.31. The summed E-state index contributed by atoms with van der Waals surface area (Å²) in [6, 6.07) is 6.40. The van der Waals surface area contributed by atoms with Crippen molar-refractivity contribution in [3.8, 4) is 0 Å². The molecule has 0 aliphatic carbocycles. The first-order chi connectivity index (χ1) is 8.02. The van der Waals surface area contributed by atoms with E-state index in [1.807, 2.05) is 0 Å². The lowest BCUT2D eigenvalue weighted by molar-refractivity contribution is 0.602. The zero-order valence-corrected chi connectivity index (χ0v) is 11.1. The van der Waals surface area contributed by atoms with Crippen molar-refractivity contribution in [3.63, 3.8) is 0 Å². The molecule has 5 nitrogen and oxygen atoms in total. The number of hydrogen-bond acceptors (Lipinski definition) is 4. The molecule has 0 aromatic heterocycles. The van der Waals surface area contributed by atoms with E-state index in [1.54, 1.807) is 24.3 Å². The fraction of sp³-hybridized carbons (Fsp3) is 0.200. The van der Waals surface area contributed by atoms with Gasteiger partial charge in [0.15, 0.2) is 9.84 Å². The number of halogens is 1. The van der Waals surface area contributed by atoms with Crippen LogP contribution in [0, 0.1) is 4.91 Å². The molecule has 90 valence electrons. The molecule has 1 heterocycles. The van der Waals surface area contributed by atoms with Crippen molar-refractivity contribution in [1.82, 2.24) is 0 Å². The average Bonchev–Trinajstić information content (AvgIpc) is 2.63. The zero-order valence-electron chi connectivity index (χ0n) is 8.65. The quantitative estimate of drug-likeness (QED) is 0.633. The predicted molar refractivity (Wildman–Crippen MR) is 69.1 cm³/mol. The minimum absolute atomic E-state index is 0.116. The van der Waals surface area contributed by atoms with E-state index in [1.165, 1.54) is 6.08 Å². The molecule has 0 spiro atoms. The Bertz CT molecular complexity index is 553. The summed E-state index contributed by atoms with van der Waals surface area (Å²) in [5.74, 6) is -0.116. The van der Waals surface area contributed by atoms with Crippen molar-refractivity contribution in [3.05, 3.63) is 45.1 Å². The summed E-state index contributed by atoms with van der Waals surface area (Å²) in [6.45, 7) is 0. The molecule has 1 unspecified atom stereocenters. The highest BCUT2D eigenvalue weighted by atomic mass is 79.9. The van der Waals surface area contributed by atoms with Crippen molar-refractivity contribution >= 4 is 31.5 Å². The second kappa shape index (κ2) is 4.58. The Morgan fingerprint density at radius 1 is 1.29 bits per heavy atom. The molecular weight excluding hydrogens is 308 g/mol. The minimum atomic E-state index is -3.20. The van der Waals surface area contributed by atoms with Gasteiger partial charge in [-0.3, -0.25) is 0 Å². The van der Waals surface area contributed by atoms with E-state index in [0.717, 1.165) is 14.9 Å². The number of nitrogens with zero attached hydrogens (tertiary/aromatic N) is 2. The maximum absolute atomic E-state index is 11.3. The van der Waals surface area contributed by atoms with E-state index < -0.39 is 15.9 Å². The monoisotopic (exact) mass is 316 g/mol. The SMILES string of the molecule is O=NN(c1ccc(Br)cc1)C1C=CS(=O)(=O)C1. The van der Waals surface area contributed by atoms with Crippen LogP contribution >= 0.6 is 15.9 Å². The number of benzene rings is 1. The second-order valence-electron chi connectivity index (χ2n) is 3.63. The number of rotatable bonds is 3. The van der Waals surface area contributed by atoms with Crippen LogP contribution in [-0.4, -0.2) is 20.2 Å². The molecule has 1 aromatic carbocycles. The van der Waals surface area contributed by atoms with E-state index in [9.17, 15) is 13.3 Å². The first-order valence-corrected chi connectivity index (χ1v) is 7.32. The van der Waals surface area contributed by atoms with Gasteiger partial charge in [-0.2, -0.15) is 0 Å². The van der Waals surface area contributed by atoms with Gasteiger partial charge in [0.05, 0.1) is 22.8 Å². The molecule has 1 aromatic rings. The zero-order chi connectivity index (χ0) is 12.5. The van der Waals surface area contributed by atoms with Gasteiger partial charge < -0.3 is 0 Å². The van der Waals surface area contributed by atoms with Gasteiger partial charge >= 0.3 is 0 Å². The van der Waals surface area contributed by atoms with Gasteiger partial charge in [0.1, 0.15) is 0 Å². The van der Waals surface area contributed by atoms with E-state index in [-0.39, 0.29) is 5.75 Å². The van der Waals surface area contributed by atoms with Crippen LogP contribution < -0.4 is 5.01 Å². The first-order valence-electron chi connectivity index (χ1n) is 4.81. The Hall–Kier alpha value is -1.21. The normalized spacial score (nSPS) is 21.4. The fourth-order valence-corrected chi connectivity index (χ4v) is 3.13. The fourth-order valence-electron chi connectivity index (χ4n) is 1.60. The lowest BCUT2D eigenvalue weighted by atomic mass is 10.2. The van der Waals surface area contributed by atoms with E-state index in [0.29, 0.717) is 5.69 Å². The number of anilines is 1. The summed E-state index contributed by atoms with van der Waals surface area (Å²) >= 11 is 3.28. The van der Waals surface area contributed by atoms with Crippen molar-refractivity contribution in [2.24, 2.45) is 5.29 Å². The van der Waals surface area contributed by atoms with Gasteiger partial charge in [0.25, 0.3) is 0 Å². The largest absolute Gasteiger partial charge is 0.224 e. The van der Waals surface area contributed by atoms with Gasteiger partial charge in [0.2, 0.25) is 0 Å². The number of sulfone groups is 1. The van der Waals surface area contributed by atoms with Gasteiger partial charge in [-0.25, -0.2) is 13.4 Å². The highest BCUT2D eigenvalue weighted by Crippen LogP contribution is 2.24. The van der Waals surface area contributed by atoms with Crippen molar-refractivity contribution < 1.29 is 8.42 Å². The molecule has 0 amide bonds. The molecular formula is C10H9BrN2O3S. The molecule has 7 heteroatoms. The van der Waals surface area contributed by atoms with Crippen molar-refractivity contribution in [2.45, 2.75) is 6.04 Å². The third-order valence-electron chi connectivity index (χ3n) is 2.40. The summed E-state index contributed by atoms with van der Waals surface area (Å²) in [5, 5.41) is 5.17. The standard InChI is InChI=1S/C10H9BrN2O3S/c11-8-1-3-9(4-2-8)13(12-14)10-5-6-17(15,16)7-10/h1-6,10H,7H2. The van der Waals surface area contributed by atoms with Crippen LogP contribution in [0.4, 0.5) is 5.69 Å². The van der Waals surface area contributed by atoms with E-state index >= 15 is 0 Å². The summed E-state index contributed by atoms with van der Waals surface area (Å²) in [6.07, 6.45) is 1.47. The lowest BCUT2D eigenvalue weighted by Crippen LogP contribution is -2.31. The summed E-state index contributed by atoms with van der Waals surface area (Å²) in [4.78, 5) is 10.8. The summed E-state index contributed by atoms with van der Waals surface area (Å²) in [7, 11) is -3.20. The maximum atomic E-state index is 11.3. The van der Waals surface area contributed by atoms with Crippen molar-refractivity contribution in [1.29, 1.82) is 0 Å². The van der Waals surface area contributed by atoms with Gasteiger partial charge in [0, 0.05) is 9.88 Å². The number of nitroso groups, excluding NO2 is 1. The summed E-state index contributed by atoms with van der Waals surface area (Å²) in [5.41, 5.74) is 0.565. The lowest BCUT2D eigenvalue weighted by Gasteiger charge is -2.20.